The van der Waals surface area contributed by atoms with Crippen molar-refractivity contribution in [1.82, 2.24) is 24.7 Å². The van der Waals surface area contributed by atoms with Crippen LogP contribution in [0.3, 0.4) is 0 Å². The molecule has 3 aromatic rings. The quantitative estimate of drug-likeness (QED) is 0.728. The Morgan fingerprint density at radius 3 is 2.73 bits per heavy atom. The Morgan fingerprint density at radius 1 is 1.09 bits per heavy atom. The van der Waals surface area contributed by atoms with Gasteiger partial charge in [0.2, 0.25) is 0 Å². The Balaban J connectivity index is 1.59. The van der Waals surface area contributed by atoms with Crippen molar-refractivity contribution in [1.29, 1.82) is 0 Å². The first kappa shape index (κ1) is 13.5. The Hall–Kier alpha value is -2.21. The van der Waals surface area contributed by atoms with E-state index in [1.165, 1.54) is 0 Å². The Morgan fingerprint density at radius 2 is 1.95 bits per heavy atom. The summed E-state index contributed by atoms with van der Waals surface area (Å²) in [6.07, 6.45) is 7.05. The molecule has 1 fully saturated rings. The highest BCUT2D eigenvalue weighted by atomic mass is 35.5. The molecule has 1 aliphatic heterocycles. The van der Waals surface area contributed by atoms with E-state index in [0.717, 1.165) is 42.7 Å². The molecule has 4 rings (SSSR count). The van der Waals surface area contributed by atoms with E-state index in [0.29, 0.717) is 11.1 Å². The van der Waals surface area contributed by atoms with Crippen molar-refractivity contribution in [2.24, 2.45) is 0 Å². The fraction of sp³-hybridized carbons (Fsp3) is 0.333. The summed E-state index contributed by atoms with van der Waals surface area (Å²) in [5.41, 5.74) is 0.885. The molecule has 0 spiro atoms. The third kappa shape index (κ3) is 2.39. The van der Waals surface area contributed by atoms with Gasteiger partial charge in [-0.25, -0.2) is 19.6 Å². The van der Waals surface area contributed by atoms with E-state index in [1.54, 1.807) is 19.0 Å². The van der Waals surface area contributed by atoms with Crippen molar-refractivity contribution in [3.05, 3.63) is 42.2 Å². The maximum atomic E-state index is 6.04. The number of anilines is 1. The Bertz CT molecular complexity index is 780. The number of piperidine rings is 1. The molecular formula is C15H15ClN6. The van der Waals surface area contributed by atoms with Crippen molar-refractivity contribution >= 4 is 28.3 Å². The van der Waals surface area contributed by atoms with Crippen molar-refractivity contribution in [2.75, 3.05) is 18.0 Å². The molecule has 22 heavy (non-hydrogen) atoms. The van der Waals surface area contributed by atoms with Gasteiger partial charge in [-0.2, -0.15) is 5.10 Å². The topological polar surface area (TPSA) is 59.7 Å². The third-order valence-electron chi connectivity index (χ3n) is 4.15. The average Bonchev–Trinajstić information content (AvgIpc) is 3.09. The van der Waals surface area contributed by atoms with Crippen LogP contribution >= 0.6 is 11.6 Å². The number of halogens is 1. The fourth-order valence-electron chi connectivity index (χ4n) is 3.02. The Kier molecular flexibility index (Phi) is 3.38. The van der Waals surface area contributed by atoms with Crippen LogP contribution in [0.5, 0.6) is 0 Å². The van der Waals surface area contributed by atoms with Crippen LogP contribution in [0.15, 0.2) is 37.2 Å². The number of rotatable bonds is 2. The predicted molar refractivity (Wildman–Crippen MR) is 85.1 cm³/mol. The average molecular weight is 315 g/mol. The summed E-state index contributed by atoms with van der Waals surface area (Å²) in [6.45, 7) is 1.89. The van der Waals surface area contributed by atoms with Crippen molar-refractivity contribution in [2.45, 2.75) is 18.9 Å². The molecule has 0 unspecified atom stereocenters. The molecule has 0 bridgehead atoms. The van der Waals surface area contributed by atoms with E-state index in [2.05, 4.69) is 25.0 Å². The van der Waals surface area contributed by atoms with Crippen LogP contribution in [0, 0.1) is 0 Å². The van der Waals surface area contributed by atoms with E-state index >= 15 is 0 Å². The maximum Gasteiger partial charge on any atom is 0.139 e. The maximum absolute atomic E-state index is 6.04. The van der Waals surface area contributed by atoms with Gasteiger partial charge in [0.05, 0.1) is 11.6 Å². The SMILES string of the molecule is Clc1ccc2c(N3CCC(n4cncn4)CC3)ncnc2c1. The summed E-state index contributed by atoms with van der Waals surface area (Å²) in [4.78, 5) is 15.1. The molecule has 1 aliphatic rings. The number of fused-ring (bicyclic) bond motifs is 1. The zero-order valence-electron chi connectivity index (χ0n) is 11.9. The predicted octanol–water partition coefficient (Wildman–Crippen LogP) is 2.72. The molecule has 112 valence electrons. The highest BCUT2D eigenvalue weighted by Gasteiger charge is 2.23. The zero-order chi connectivity index (χ0) is 14.9. The summed E-state index contributed by atoms with van der Waals surface area (Å²) >= 11 is 6.04. The monoisotopic (exact) mass is 314 g/mol. The van der Waals surface area contributed by atoms with Crippen LogP contribution in [0.2, 0.25) is 5.02 Å². The van der Waals surface area contributed by atoms with Crippen LogP contribution in [0.1, 0.15) is 18.9 Å². The Labute approximate surface area is 132 Å². The molecule has 0 N–H and O–H groups in total. The minimum absolute atomic E-state index is 0.418. The lowest BCUT2D eigenvalue weighted by Gasteiger charge is -2.33. The summed E-state index contributed by atoms with van der Waals surface area (Å²) in [5.74, 6) is 0.985. The lowest BCUT2D eigenvalue weighted by atomic mass is 10.0. The van der Waals surface area contributed by atoms with Gasteiger partial charge in [0.25, 0.3) is 0 Å². The highest BCUT2D eigenvalue weighted by molar-refractivity contribution is 6.31. The first-order chi connectivity index (χ1) is 10.8. The molecule has 0 radical (unpaired) electrons. The van der Waals surface area contributed by atoms with Crippen LogP contribution in [-0.4, -0.2) is 37.8 Å². The lowest BCUT2D eigenvalue weighted by molar-refractivity contribution is 0.365. The van der Waals surface area contributed by atoms with Gasteiger partial charge in [-0.1, -0.05) is 11.6 Å². The smallest absolute Gasteiger partial charge is 0.139 e. The molecule has 6 nitrogen and oxygen atoms in total. The lowest BCUT2D eigenvalue weighted by Crippen LogP contribution is -2.35. The van der Waals surface area contributed by atoms with E-state index in [9.17, 15) is 0 Å². The second kappa shape index (κ2) is 5.53. The number of nitrogens with zero attached hydrogens (tertiary/aromatic N) is 6. The molecule has 0 atom stereocenters. The molecule has 2 aromatic heterocycles. The molecule has 1 saturated heterocycles. The molecule has 0 amide bonds. The number of benzene rings is 1. The van der Waals surface area contributed by atoms with Crippen molar-refractivity contribution in [3.8, 4) is 0 Å². The molecule has 0 aliphatic carbocycles. The van der Waals surface area contributed by atoms with Crippen LogP contribution in [0.4, 0.5) is 5.82 Å². The third-order valence-corrected chi connectivity index (χ3v) is 4.39. The van der Waals surface area contributed by atoms with Gasteiger partial charge in [0, 0.05) is 23.5 Å². The summed E-state index contributed by atoms with van der Waals surface area (Å²) in [6, 6.07) is 6.18. The standard InChI is InChI=1S/C15H15ClN6/c16-11-1-2-13-14(7-11)18-9-19-15(13)21-5-3-12(4-6-21)22-10-17-8-20-22/h1-2,7-10,12H,3-6H2. The number of hydrogen-bond donors (Lipinski definition) is 0. The first-order valence-electron chi connectivity index (χ1n) is 7.30. The summed E-state index contributed by atoms with van der Waals surface area (Å²) in [5, 5.41) is 5.99. The highest BCUT2D eigenvalue weighted by Crippen LogP contribution is 2.29. The van der Waals surface area contributed by atoms with Gasteiger partial charge in [0.1, 0.15) is 24.8 Å². The van der Waals surface area contributed by atoms with Crippen molar-refractivity contribution < 1.29 is 0 Å². The normalized spacial score (nSPS) is 16.3. The molecule has 3 heterocycles. The number of hydrogen-bond acceptors (Lipinski definition) is 5. The summed E-state index contributed by atoms with van der Waals surface area (Å²) < 4.78 is 1.95. The van der Waals surface area contributed by atoms with Gasteiger partial charge in [-0.15, -0.1) is 0 Å². The van der Waals surface area contributed by atoms with Crippen molar-refractivity contribution in [3.63, 3.8) is 0 Å². The van der Waals surface area contributed by atoms with E-state index in [1.807, 2.05) is 22.9 Å². The number of aromatic nitrogens is 5. The first-order valence-corrected chi connectivity index (χ1v) is 7.68. The second-order valence-electron chi connectivity index (χ2n) is 5.45. The largest absolute Gasteiger partial charge is 0.356 e. The molecule has 0 saturated carbocycles. The van der Waals surface area contributed by atoms with Gasteiger partial charge >= 0.3 is 0 Å². The van der Waals surface area contributed by atoms with Crippen LogP contribution < -0.4 is 4.90 Å². The van der Waals surface area contributed by atoms with E-state index in [-0.39, 0.29) is 0 Å². The zero-order valence-corrected chi connectivity index (χ0v) is 12.7. The van der Waals surface area contributed by atoms with Gasteiger partial charge in [-0.05, 0) is 31.0 Å². The molecule has 1 aromatic carbocycles. The van der Waals surface area contributed by atoms with Gasteiger partial charge in [-0.3, -0.25) is 0 Å². The second-order valence-corrected chi connectivity index (χ2v) is 5.89. The molecular weight excluding hydrogens is 300 g/mol. The minimum atomic E-state index is 0.418. The van der Waals surface area contributed by atoms with Gasteiger partial charge in [0.15, 0.2) is 0 Å². The van der Waals surface area contributed by atoms with Gasteiger partial charge < -0.3 is 4.90 Å². The van der Waals surface area contributed by atoms with Crippen LogP contribution in [0.25, 0.3) is 10.9 Å². The summed E-state index contributed by atoms with van der Waals surface area (Å²) in [7, 11) is 0. The van der Waals surface area contributed by atoms with E-state index < -0.39 is 0 Å². The van der Waals surface area contributed by atoms with Crippen LogP contribution in [-0.2, 0) is 0 Å². The minimum Gasteiger partial charge on any atom is -0.356 e. The fourth-order valence-corrected chi connectivity index (χ4v) is 3.18. The molecule has 7 heteroatoms. The van der Waals surface area contributed by atoms with E-state index in [4.69, 9.17) is 11.6 Å².